The molecule has 2 aromatic rings. The van der Waals surface area contributed by atoms with Gasteiger partial charge in [0.2, 0.25) is 0 Å². The SMILES string of the molecule is CC(C)c1cn2c(N)csc2n1. The van der Waals surface area contributed by atoms with Crippen molar-refractivity contribution in [3.05, 3.63) is 17.3 Å². The molecule has 0 spiro atoms. The molecule has 3 nitrogen and oxygen atoms in total. The second-order valence-corrected chi connectivity index (χ2v) is 3.97. The first-order chi connectivity index (χ1) is 5.68. The van der Waals surface area contributed by atoms with Crippen molar-refractivity contribution < 1.29 is 0 Å². The van der Waals surface area contributed by atoms with Crippen molar-refractivity contribution in [2.45, 2.75) is 19.8 Å². The molecule has 0 aliphatic carbocycles. The van der Waals surface area contributed by atoms with E-state index < -0.39 is 0 Å². The van der Waals surface area contributed by atoms with E-state index in [2.05, 4.69) is 18.8 Å². The molecule has 0 bridgehead atoms. The van der Waals surface area contributed by atoms with E-state index in [1.165, 1.54) is 0 Å². The lowest BCUT2D eigenvalue weighted by atomic mass is 10.2. The normalized spacial score (nSPS) is 11.6. The first kappa shape index (κ1) is 7.61. The molecular formula is C8H11N3S. The van der Waals surface area contributed by atoms with E-state index in [0.29, 0.717) is 5.92 Å². The summed E-state index contributed by atoms with van der Waals surface area (Å²) in [4.78, 5) is 5.42. The lowest BCUT2D eigenvalue weighted by Gasteiger charge is -1.95. The van der Waals surface area contributed by atoms with Crippen molar-refractivity contribution in [3.63, 3.8) is 0 Å². The van der Waals surface area contributed by atoms with E-state index in [1.54, 1.807) is 11.3 Å². The first-order valence-corrected chi connectivity index (χ1v) is 4.78. The number of nitrogens with zero attached hydrogens (tertiary/aromatic N) is 2. The third-order valence-corrected chi connectivity index (χ3v) is 2.71. The zero-order valence-corrected chi connectivity index (χ0v) is 7.93. The van der Waals surface area contributed by atoms with Crippen LogP contribution in [0.15, 0.2) is 11.6 Å². The van der Waals surface area contributed by atoms with Gasteiger partial charge in [-0.1, -0.05) is 13.8 Å². The van der Waals surface area contributed by atoms with Gasteiger partial charge in [-0.3, -0.25) is 4.40 Å². The van der Waals surface area contributed by atoms with Gasteiger partial charge in [-0.25, -0.2) is 4.98 Å². The third-order valence-electron chi connectivity index (χ3n) is 1.85. The Morgan fingerprint density at radius 3 is 2.92 bits per heavy atom. The van der Waals surface area contributed by atoms with E-state index in [9.17, 15) is 0 Å². The van der Waals surface area contributed by atoms with Gasteiger partial charge >= 0.3 is 0 Å². The van der Waals surface area contributed by atoms with Gasteiger partial charge in [0.05, 0.1) is 5.69 Å². The molecule has 0 saturated carbocycles. The number of hydrogen-bond donors (Lipinski definition) is 1. The van der Waals surface area contributed by atoms with E-state index in [-0.39, 0.29) is 0 Å². The van der Waals surface area contributed by atoms with Crippen LogP contribution in [0.3, 0.4) is 0 Å². The Kier molecular flexibility index (Phi) is 1.58. The minimum atomic E-state index is 0.469. The summed E-state index contributed by atoms with van der Waals surface area (Å²) in [6.45, 7) is 4.26. The molecule has 2 aromatic heterocycles. The summed E-state index contributed by atoms with van der Waals surface area (Å²) in [5.74, 6) is 1.24. The predicted molar refractivity (Wildman–Crippen MR) is 51.6 cm³/mol. The van der Waals surface area contributed by atoms with Crippen molar-refractivity contribution in [2.75, 3.05) is 5.73 Å². The summed E-state index contributed by atoms with van der Waals surface area (Å²) in [6, 6.07) is 0. The molecule has 0 atom stereocenters. The summed E-state index contributed by atoms with van der Waals surface area (Å²) in [5.41, 5.74) is 6.83. The smallest absolute Gasteiger partial charge is 0.195 e. The van der Waals surface area contributed by atoms with Crippen LogP contribution in [0.5, 0.6) is 0 Å². The van der Waals surface area contributed by atoms with Gasteiger partial charge in [-0.05, 0) is 5.92 Å². The zero-order valence-electron chi connectivity index (χ0n) is 7.11. The fourth-order valence-corrected chi connectivity index (χ4v) is 1.87. The highest BCUT2D eigenvalue weighted by atomic mass is 32.1. The molecule has 4 heteroatoms. The summed E-state index contributed by atoms with van der Waals surface area (Å²) >= 11 is 1.58. The van der Waals surface area contributed by atoms with Crippen LogP contribution in [-0.4, -0.2) is 9.38 Å². The van der Waals surface area contributed by atoms with E-state index >= 15 is 0 Å². The van der Waals surface area contributed by atoms with Crippen LogP contribution in [0.2, 0.25) is 0 Å². The number of rotatable bonds is 1. The number of imidazole rings is 1. The number of thiazole rings is 1. The quantitative estimate of drug-likeness (QED) is 0.732. The van der Waals surface area contributed by atoms with Crippen LogP contribution in [0, 0.1) is 0 Å². The molecule has 0 aliphatic rings. The number of aromatic nitrogens is 2. The molecule has 64 valence electrons. The van der Waals surface area contributed by atoms with Gasteiger partial charge in [0.25, 0.3) is 0 Å². The average Bonchev–Trinajstić information content (AvgIpc) is 2.53. The third kappa shape index (κ3) is 0.992. The maximum Gasteiger partial charge on any atom is 0.195 e. The van der Waals surface area contributed by atoms with E-state index in [0.717, 1.165) is 16.5 Å². The molecule has 0 aromatic carbocycles. The minimum Gasteiger partial charge on any atom is -0.384 e. The van der Waals surface area contributed by atoms with E-state index in [1.807, 2.05) is 16.0 Å². The number of nitrogens with two attached hydrogens (primary N) is 1. The highest BCUT2D eigenvalue weighted by molar-refractivity contribution is 7.15. The predicted octanol–water partition coefficient (Wildman–Crippen LogP) is 2.10. The highest BCUT2D eigenvalue weighted by Gasteiger charge is 2.07. The lowest BCUT2D eigenvalue weighted by molar-refractivity contribution is 0.834. The fourth-order valence-electron chi connectivity index (χ4n) is 1.10. The fraction of sp³-hybridized carbons (Fsp3) is 0.375. The Bertz CT molecular complexity index is 399. The van der Waals surface area contributed by atoms with Crippen molar-refractivity contribution in [1.82, 2.24) is 9.38 Å². The summed E-state index contributed by atoms with van der Waals surface area (Å²) in [7, 11) is 0. The Balaban J connectivity index is 2.63. The Hall–Kier alpha value is -1.03. The maximum absolute atomic E-state index is 5.72. The summed E-state index contributed by atoms with van der Waals surface area (Å²) < 4.78 is 1.93. The molecule has 2 rings (SSSR count). The van der Waals surface area contributed by atoms with Gasteiger partial charge in [0, 0.05) is 11.6 Å². The summed E-state index contributed by atoms with van der Waals surface area (Å²) in [6.07, 6.45) is 2.01. The monoisotopic (exact) mass is 181 g/mol. The average molecular weight is 181 g/mol. The maximum atomic E-state index is 5.72. The number of nitrogen functional groups attached to an aromatic ring is 1. The molecular weight excluding hydrogens is 170 g/mol. The molecule has 0 fully saturated rings. The van der Waals surface area contributed by atoms with Crippen LogP contribution >= 0.6 is 11.3 Å². The Labute approximate surface area is 74.8 Å². The van der Waals surface area contributed by atoms with E-state index in [4.69, 9.17) is 5.73 Å². The molecule has 0 saturated heterocycles. The van der Waals surface area contributed by atoms with Crippen LogP contribution in [0.1, 0.15) is 25.5 Å². The van der Waals surface area contributed by atoms with Crippen LogP contribution in [0.4, 0.5) is 5.82 Å². The van der Waals surface area contributed by atoms with Gasteiger partial charge in [0.15, 0.2) is 4.96 Å². The molecule has 0 unspecified atom stereocenters. The van der Waals surface area contributed by atoms with Crippen LogP contribution < -0.4 is 5.73 Å². The van der Waals surface area contributed by atoms with Crippen LogP contribution in [-0.2, 0) is 0 Å². The minimum absolute atomic E-state index is 0.469. The second-order valence-electron chi connectivity index (χ2n) is 3.13. The molecule has 2 N–H and O–H groups in total. The first-order valence-electron chi connectivity index (χ1n) is 3.90. The second kappa shape index (κ2) is 2.48. The molecule has 0 aliphatic heterocycles. The Morgan fingerprint density at radius 2 is 2.33 bits per heavy atom. The molecule has 0 radical (unpaired) electrons. The van der Waals surface area contributed by atoms with Crippen molar-refractivity contribution >= 4 is 22.1 Å². The number of anilines is 1. The van der Waals surface area contributed by atoms with Crippen molar-refractivity contribution in [3.8, 4) is 0 Å². The van der Waals surface area contributed by atoms with Gasteiger partial charge in [-0.15, -0.1) is 11.3 Å². The van der Waals surface area contributed by atoms with Crippen molar-refractivity contribution in [1.29, 1.82) is 0 Å². The number of fused-ring (bicyclic) bond motifs is 1. The largest absolute Gasteiger partial charge is 0.384 e. The summed E-state index contributed by atoms with van der Waals surface area (Å²) in [5, 5.41) is 1.91. The molecule has 0 amide bonds. The standard InChI is InChI=1S/C8H11N3S/c1-5(2)6-3-11-7(9)4-12-8(11)10-6/h3-5H,9H2,1-2H3. The van der Waals surface area contributed by atoms with Gasteiger partial charge < -0.3 is 5.73 Å². The lowest BCUT2D eigenvalue weighted by Crippen LogP contribution is -1.89. The topological polar surface area (TPSA) is 43.3 Å². The molecule has 2 heterocycles. The number of hydrogen-bond acceptors (Lipinski definition) is 3. The molecule has 12 heavy (non-hydrogen) atoms. The highest BCUT2D eigenvalue weighted by Crippen LogP contribution is 2.21. The van der Waals surface area contributed by atoms with Gasteiger partial charge in [-0.2, -0.15) is 0 Å². The van der Waals surface area contributed by atoms with Gasteiger partial charge in [0.1, 0.15) is 5.82 Å². The van der Waals surface area contributed by atoms with Crippen LogP contribution in [0.25, 0.3) is 4.96 Å². The van der Waals surface area contributed by atoms with Crippen molar-refractivity contribution in [2.24, 2.45) is 0 Å². The Morgan fingerprint density at radius 1 is 1.58 bits per heavy atom. The zero-order chi connectivity index (χ0) is 8.72.